The van der Waals surface area contributed by atoms with E-state index >= 15 is 0 Å². The molecule has 0 aliphatic carbocycles. The number of fused-ring (bicyclic) bond motifs is 1. The summed E-state index contributed by atoms with van der Waals surface area (Å²) in [5.41, 5.74) is 1.88. The number of carbonyl (C=O) groups is 2. The van der Waals surface area contributed by atoms with Gasteiger partial charge in [0.25, 0.3) is 11.2 Å². The zero-order valence-corrected chi connectivity index (χ0v) is 27.8. The average molecular weight is 692 g/mol. The molecule has 0 N–H and O–H groups in total. The molecule has 4 aromatic carbocycles. The minimum atomic E-state index is -0.918. The standard InChI is InChI=1S/C37H29N3O9S/c1-4-48-36(43)31-32(23-9-6-5-7-10-23)38-37-39(33(31)24-15-18-28(46-2)29(21-24)47-3)34(41)30(50-37)19-22-13-16-27(17-14-22)49-35(42)25-11-8-12-26(20-25)40(44)45/h5-21,33H,4H2,1-3H3/b30-19-/t33-/m0/s1. The van der Waals surface area contributed by atoms with Gasteiger partial charge in [-0.25, -0.2) is 14.6 Å². The van der Waals surface area contributed by atoms with Crippen molar-refractivity contribution in [3.63, 3.8) is 0 Å². The number of nitro groups is 1. The number of non-ortho nitro benzene ring substituents is 1. The van der Waals surface area contributed by atoms with Crippen LogP contribution >= 0.6 is 11.3 Å². The molecule has 1 aliphatic heterocycles. The van der Waals surface area contributed by atoms with Crippen molar-refractivity contribution in [3.8, 4) is 17.2 Å². The van der Waals surface area contributed by atoms with Crippen molar-refractivity contribution in [3.05, 3.63) is 155 Å². The van der Waals surface area contributed by atoms with Gasteiger partial charge in [0.05, 0.1) is 53.2 Å². The molecule has 12 nitrogen and oxygen atoms in total. The lowest BCUT2D eigenvalue weighted by molar-refractivity contribution is -0.384. The van der Waals surface area contributed by atoms with Crippen LogP contribution in [-0.2, 0) is 9.53 Å². The molecule has 0 radical (unpaired) electrons. The van der Waals surface area contributed by atoms with Crippen molar-refractivity contribution in [1.29, 1.82) is 0 Å². The van der Waals surface area contributed by atoms with Crippen molar-refractivity contribution >= 4 is 40.7 Å². The van der Waals surface area contributed by atoms with E-state index in [0.29, 0.717) is 43.2 Å². The van der Waals surface area contributed by atoms with Crippen molar-refractivity contribution in [2.24, 2.45) is 4.99 Å². The van der Waals surface area contributed by atoms with Gasteiger partial charge < -0.3 is 18.9 Å². The van der Waals surface area contributed by atoms with Gasteiger partial charge in [-0.2, -0.15) is 0 Å². The molecule has 1 aromatic heterocycles. The highest BCUT2D eigenvalue weighted by molar-refractivity contribution is 7.07. The van der Waals surface area contributed by atoms with E-state index < -0.39 is 22.9 Å². The Labute approximate surface area is 288 Å². The van der Waals surface area contributed by atoms with Crippen LogP contribution in [0.25, 0.3) is 11.8 Å². The topological polar surface area (TPSA) is 149 Å². The third-order valence-electron chi connectivity index (χ3n) is 7.78. The van der Waals surface area contributed by atoms with Crippen molar-refractivity contribution in [1.82, 2.24) is 4.57 Å². The number of nitrogens with zero attached hydrogens (tertiary/aromatic N) is 3. The van der Waals surface area contributed by atoms with Crippen LogP contribution in [0.15, 0.2) is 112 Å². The smallest absolute Gasteiger partial charge is 0.343 e. The molecular weight excluding hydrogens is 662 g/mol. The van der Waals surface area contributed by atoms with Crippen molar-refractivity contribution in [2.45, 2.75) is 13.0 Å². The van der Waals surface area contributed by atoms with Crippen LogP contribution in [-0.4, -0.2) is 42.3 Å². The maximum atomic E-state index is 14.2. The van der Waals surface area contributed by atoms with Gasteiger partial charge in [0.15, 0.2) is 16.3 Å². The van der Waals surface area contributed by atoms with Crippen LogP contribution in [0.4, 0.5) is 5.69 Å². The second-order valence-electron chi connectivity index (χ2n) is 10.8. The highest BCUT2D eigenvalue weighted by Crippen LogP contribution is 2.38. The second kappa shape index (κ2) is 14.4. The fraction of sp³-hybridized carbons (Fsp3) is 0.135. The van der Waals surface area contributed by atoms with E-state index in [0.717, 1.165) is 17.4 Å². The third kappa shape index (κ3) is 6.66. The summed E-state index contributed by atoms with van der Waals surface area (Å²) >= 11 is 1.16. The monoisotopic (exact) mass is 691 g/mol. The van der Waals surface area contributed by atoms with Gasteiger partial charge in [-0.3, -0.25) is 19.5 Å². The Morgan fingerprint density at radius 1 is 0.920 bits per heavy atom. The summed E-state index contributed by atoms with van der Waals surface area (Å²) in [5.74, 6) is -0.260. The Bertz CT molecular complexity index is 2330. The highest BCUT2D eigenvalue weighted by Gasteiger charge is 2.35. The Kier molecular flexibility index (Phi) is 9.68. The van der Waals surface area contributed by atoms with Gasteiger partial charge in [-0.1, -0.05) is 65.9 Å². The van der Waals surface area contributed by atoms with E-state index in [4.69, 9.17) is 23.9 Å². The summed E-state index contributed by atoms with van der Waals surface area (Å²) in [6.45, 7) is 1.82. The molecule has 0 saturated heterocycles. The quantitative estimate of drug-likeness (QED) is 0.0846. The molecule has 2 heterocycles. The highest BCUT2D eigenvalue weighted by atomic mass is 32.1. The van der Waals surface area contributed by atoms with Crippen LogP contribution in [0, 0.1) is 10.1 Å². The lowest BCUT2D eigenvalue weighted by atomic mass is 9.93. The first-order chi connectivity index (χ1) is 24.2. The summed E-state index contributed by atoms with van der Waals surface area (Å²) in [7, 11) is 3.02. The van der Waals surface area contributed by atoms with E-state index in [-0.39, 0.29) is 34.7 Å². The number of hydrogen-bond donors (Lipinski definition) is 0. The number of nitro benzene ring substituents is 1. The number of esters is 2. The number of aromatic nitrogens is 1. The average Bonchev–Trinajstić information content (AvgIpc) is 3.45. The minimum Gasteiger partial charge on any atom is -0.493 e. The number of carbonyl (C=O) groups excluding carboxylic acids is 2. The summed E-state index contributed by atoms with van der Waals surface area (Å²) in [4.78, 5) is 56.3. The molecule has 0 amide bonds. The molecule has 0 bridgehead atoms. The molecule has 6 rings (SSSR count). The predicted octanol–water partition coefficient (Wildman–Crippen LogP) is 5.08. The van der Waals surface area contributed by atoms with E-state index in [1.54, 1.807) is 55.5 Å². The minimum absolute atomic E-state index is 0.0329. The molecule has 5 aromatic rings. The zero-order chi connectivity index (χ0) is 35.4. The van der Waals surface area contributed by atoms with Crippen molar-refractivity contribution in [2.75, 3.05) is 20.8 Å². The summed E-state index contributed by atoms with van der Waals surface area (Å²) in [6.07, 6.45) is 1.68. The van der Waals surface area contributed by atoms with Crippen molar-refractivity contribution < 1.29 is 33.5 Å². The number of thiazole rings is 1. The van der Waals surface area contributed by atoms with Crippen LogP contribution in [0.3, 0.4) is 0 Å². The largest absolute Gasteiger partial charge is 0.493 e. The summed E-state index contributed by atoms with van der Waals surface area (Å²) in [5, 5.41) is 11.1. The predicted molar refractivity (Wildman–Crippen MR) is 185 cm³/mol. The van der Waals surface area contributed by atoms with E-state index in [1.807, 2.05) is 30.3 Å². The third-order valence-corrected chi connectivity index (χ3v) is 8.76. The summed E-state index contributed by atoms with van der Waals surface area (Å²) in [6, 6.07) is 25.2. The maximum Gasteiger partial charge on any atom is 0.343 e. The van der Waals surface area contributed by atoms with Gasteiger partial charge in [0, 0.05) is 17.7 Å². The molecular formula is C37H29N3O9S. The number of benzene rings is 4. The van der Waals surface area contributed by atoms with E-state index in [9.17, 15) is 24.5 Å². The first-order valence-electron chi connectivity index (χ1n) is 15.3. The Morgan fingerprint density at radius 3 is 2.34 bits per heavy atom. The number of rotatable bonds is 10. The van der Waals surface area contributed by atoms with E-state index in [2.05, 4.69) is 0 Å². The molecule has 50 heavy (non-hydrogen) atoms. The fourth-order valence-electron chi connectivity index (χ4n) is 5.47. The Morgan fingerprint density at radius 2 is 1.66 bits per heavy atom. The maximum absolute atomic E-state index is 14.2. The Hall–Kier alpha value is -6.34. The molecule has 1 atom stereocenters. The van der Waals surface area contributed by atoms with Crippen LogP contribution in [0.5, 0.6) is 17.2 Å². The van der Waals surface area contributed by atoms with Gasteiger partial charge in [-0.15, -0.1) is 0 Å². The zero-order valence-electron chi connectivity index (χ0n) is 27.0. The second-order valence-corrected chi connectivity index (χ2v) is 11.8. The molecule has 0 spiro atoms. The van der Waals surface area contributed by atoms with Gasteiger partial charge >= 0.3 is 11.9 Å². The van der Waals surface area contributed by atoms with Gasteiger partial charge in [-0.05, 0) is 54.5 Å². The molecule has 1 aliphatic rings. The fourth-order valence-corrected chi connectivity index (χ4v) is 6.48. The number of methoxy groups -OCH3 is 2. The van der Waals surface area contributed by atoms with Crippen LogP contribution < -0.4 is 29.1 Å². The van der Waals surface area contributed by atoms with Crippen LogP contribution in [0.1, 0.15) is 40.0 Å². The molecule has 13 heteroatoms. The molecule has 0 unspecified atom stereocenters. The van der Waals surface area contributed by atoms with Gasteiger partial charge in [0.1, 0.15) is 5.75 Å². The summed E-state index contributed by atoms with van der Waals surface area (Å²) < 4.78 is 23.8. The first kappa shape index (κ1) is 33.6. The number of hydrogen-bond acceptors (Lipinski definition) is 11. The lowest BCUT2D eigenvalue weighted by Gasteiger charge is -2.26. The first-order valence-corrected chi connectivity index (χ1v) is 16.1. The van der Waals surface area contributed by atoms with Crippen LogP contribution in [0.2, 0.25) is 0 Å². The molecule has 0 fully saturated rings. The molecule has 0 saturated carbocycles. The Balaban J connectivity index is 1.44. The molecule has 252 valence electrons. The van der Waals surface area contributed by atoms with E-state index in [1.165, 1.54) is 37.0 Å². The van der Waals surface area contributed by atoms with Gasteiger partial charge in [0.2, 0.25) is 0 Å². The number of ether oxygens (including phenoxy) is 4. The SMILES string of the molecule is CCOC(=O)C1=C(c2ccccc2)N=c2s/c(=C\c3ccc(OC(=O)c4cccc([N+](=O)[O-])c4)cc3)c(=O)n2[C@H]1c1ccc(OC)c(OC)c1. The normalized spacial score (nSPS) is 14.0. The lowest BCUT2D eigenvalue weighted by Crippen LogP contribution is -2.40.